The monoisotopic (exact) mass is 295 g/mol. The lowest BCUT2D eigenvalue weighted by Gasteiger charge is -2.32. The lowest BCUT2D eigenvalue weighted by molar-refractivity contribution is -0.105. The number of alkyl halides is 2. The van der Waals surface area contributed by atoms with Crippen molar-refractivity contribution in [2.45, 2.75) is 12.0 Å². The summed E-state index contributed by atoms with van der Waals surface area (Å²) in [6.07, 6.45) is -0.962. The normalized spacial score (nSPS) is 20.8. The van der Waals surface area contributed by atoms with Gasteiger partial charge in [-0.3, -0.25) is 0 Å². The molecule has 2 N–H and O–H groups in total. The van der Waals surface area contributed by atoms with Crippen molar-refractivity contribution < 1.29 is 28.2 Å². The number of carbonyl (C=O) groups excluding carboxylic acids is 1. The lowest BCUT2D eigenvalue weighted by atomic mass is 9.98. The Balaban J connectivity index is 0.00000180. The molecule has 19 heavy (non-hydrogen) atoms. The number of phenolic OH excluding ortho intramolecular Hbond substituents is 1. The number of phenols is 1. The Morgan fingerprint density at radius 1 is 1.53 bits per heavy atom. The Morgan fingerprint density at radius 3 is 2.84 bits per heavy atom. The second kappa shape index (κ2) is 5.48. The largest absolute Gasteiger partial charge is 0.507 e. The first-order valence-electron chi connectivity index (χ1n) is 5.12. The van der Waals surface area contributed by atoms with Crippen LogP contribution in [0.15, 0.2) is 18.2 Å². The summed E-state index contributed by atoms with van der Waals surface area (Å²) in [4.78, 5) is 11.1. The van der Waals surface area contributed by atoms with Gasteiger partial charge in [0.15, 0.2) is 6.61 Å². The van der Waals surface area contributed by atoms with Crippen LogP contribution in [0.4, 0.5) is 13.6 Å². The van der Waals surface area contributed by atoms with E-state index < -0.39 is 24.7 Å². The average Bonchev–Trinajstić information content (AvgIpc) is 2.32. The van der Waals surface area contributed by atoms with Crippen molar-refractivity contribution in [3.8, 4) is 11.5 Å². The molecular formula is C11H12ClF2NO4. The third-order valence-electron chi connectivity index (χ3n) is 2.63. The third-order valence-corrected chi connectivity index (χ3v) is 2.63. The van der Waals surface area contributed by atoms with E-state index in [2.05, 4.69) is 4.74 Å². The molecule has 0 bridgehead atoms. The number of amides is 1. The first-order valence-corrected chi connectivity index (χ1v) is 5.12. The van der Waals surface area contributed by atoms with Crippen LogP contribution in [0.1, 0.15) is 11.6 Å². The molecule has 1 heterocycles. The molecule has 0 unspecified atom stereocenters. The number of methoxy groups -OCH3 is 1. The molecule has 1 fully saturated rings. The first kappa shape index (κ1) is 15.3. The Hall–Kier alpha value is -1.76. The highest BCUT2D eigenvalue weighted by Crippen LogP contribution is 2.42. The smallest absolute Gasteiger partial charge is 0.408 e. The molecule has 1 aromatic carbocycles. The predicted molar refractivity (Wildman–Crippen MR) is 64.1 cm³/mol. The number of nitrogens with one attached hydrogen (secondary N) is 1. The molecule has 0 radical (unpaired) electrons. The number of alkyl carbamates (subject to hydrolysis) is 1. The number of cyclic esters (lactones) is 1. The minimum atomic E-state index is -3.33. The summed E-state index contributed by atoms with van der Waals surface area (Å²) in [5.41, 5.74) is -0.165. The van der Waals surface area contributed by atoms with Gasteiger partial charge in [0, 0.05) is 0 Å². The van der Waals surface area contributed by atoms with Crippen LogP contribution in [0.2, 0.25) is 0 Å². The van der Waals surface area contributed by atoms with Crippen LogP contribution in [0.3, 0.4) is 0 Å². The molecule has 1 amide bonds. The van der Waals surface area contributed by atoms with Gasteiger partial charge in [-0.2, -0.15) is 0 Å². The SMILES string of the molecule is COc1cccc(O)c1[C@@H]1NC(=O)OCC1(F)F.Cl. The third kappa shape index (κ3) is 2.81. The number of hydrogen-bond acceptors (Lipinski definition) is 4. The summed E-state index contributed by atoms with van der Waals surface area (Å²) >= 11 is 0. The maximum Gasteiger partial charge on any atom is 0.408 e. The molecule has 106 valence electrons. The van der Waals surface area contributed by atoms with Crippen LogP contribution in [0.25, 0.3) is 0 Å². The van der Waals surface area contributed by atoms with E-state index in [4.69, 9.17) is 4.74 Å². The summed E-state index contributed by atoms with van der Waals surface area (Å²) in [6.45, 7) is -1.04. The van der Waals surface area contributed by atoms with Gasteiger partial charge in [-0.05, 0) is 12.1 Å². The van der Waals surface area contributed by atoms with E-state index in [0.717, 1.165) is 0 Å². The van der Waals surface area contributed by atoms with Crippen molar-refractivity contribution in [3.63, 3.8) is 0 Å². The number of halogens is 3. The molecule has 1 saturated heterocycles. The number of carbonyl (C=O) groups is 1. The second-order valence-corrected chi connectivity index (χ2v) is 3.81. The molecular weight excluding hydrogens is 284 g/mol. The van der Waals surface area contributed by atoms with Crippen molar-refractivity contribution in [1.29, 1.82) is 0 Å². The van der Waals surface area contributed by atoms with Gasteiger partial charge in [-0.1, -0.05) is 6.07 Å². The van der Waals surface area contributed by atoms with Crippen LogP contribution >= 0.6 is 12.4 Å². The number of aromatic hydroxyl groups is 1. The quantitative estimate of drug-likeness (QED) is 0.878. The molecule has 1 aliphatic heterocycles. The van der Waals surface area contributed by atoms with Gasteiger partial charge in [0.1, 0.15) is 17.5 Å². The topological polar surface area (TPSA) is 67.8 Å². The molecule has 0 aromatic heterocycles. The number of rotatable bonds is 2. The van der Waals surface area contributed by atoms with Crippen molar-refractivity contribution in [2.75, 3.05) is 13.7 Å². The first-order chi connectivity index (χ1) is 8.45. The van der Waals surface area contributed by atoms with Gasteiger partial charge in [-0.15, -0.1) is 12.4 Å². The lowest BCUT2D eigenvalue weighted by Crippen LogP contribution is -2.49. The van der Waals surface area contributed by atoms with E-state index in [9.17, 15) is 18.7 Å². The fourth-order valence-corrected chi connectivity index (χ4v) is 1.79. The van der Waals surface area contributed by atoms with Crippen LogP contribution in [-0.2, 0) is 4.74 Å². The van der Waals surface area contributed by atoms with Crippen molar-refractivity contribution >= 4 is 18.5 Å². The average molecular weight is 296 g/mol. The molecule has 8 heteroatoms. The Kier molecular flexibility index (Phi) is 4.41. The van der Waals surface area contributed by atoms with Crippen LogP contribution in [0.5, 0.6) is 11.5 Å². The fraction of sp³-hybridized carbons (Fsp3) is 0.364. The zero-order valence-corrected chi connectivity index (χ0v) is 10.7. The van der Waals surface area contributed by atoms with E-state index in [1.807, 2.05) is 5.32 Å². The van der Waals surface area contributed by atoms with E-state index in [1.54, 1.807) is 0 Å². The number of benzene rings is 1. The minimum absolute atomic E-state index is 0. The van der Waals surface area contributed by atoms with E-state index in [-0.39, 0.29) is 29.5 Å². The molecule has 0 saturated carbocycles. The van der Waals surface area contributed by atoms with Crippen LogP contribution in [-0.4, -0.2) is 30.8 Å². The van der Waals surface area contributed by atoms with Gasteiger partial charge >= 0.3 is 12.0 Å². The van der Waals surface area contributed by atoms with Gasteiger partial charge < -0.3 is 19.9 Å². The Bertz CT molecular complexity index is 484. The van der Waals surface area contributed by atoms with Gasteiger partial charge in [-0.25, -0.2) is 13.6 Å². The molecule has 1 aliphatic rings. The summed E-state index contributed by atoms with van der Waals surface area (Å²) < 4.78 is 36.6. The highest BCUT2D eigenvalue weighted by Gasteiger charge is 2.49. The summed E-state index contributed by atoms with van der Waals surface area (Å²) in [6, 6.07) is 2.44. The Labute approximate surface area is 113 Å². The van der Waals surface area contributed by atoms with Crippen molar-refractivity contribution in [1.82, 2.24) is 5.32 Å². The standard InChI is InChI=1S/C11H11F2NO4.ClH/c1-17-7-4-2-3-6(15)8(7)9-11(12,13)5-18-10(16)14-9;/h2-4,9,15H,5H2,1H3,(H,14,16);1H/t9-;/m0./s1. The zero-order valence-electron chi connectivity index (χ0n) is 9.85. The fourth-order valence-electron chi connectivity index (χ4n) is 1.79. The summed E-state index contributed by atoms with van der Waals surface area (Å²) in [5.74, 6) is -3.64. The maximum atomic E-state index is 13.7. The van der Waals surface area contributed by atoms with E-state index >= 15 is 0 Å². The van der Waals surface area contributed by atoms with Crippen molar-refractivity contribution in [3.05, 3.63) is 23.8 Å². The maximum absolute atomic E-state index is 13.7. The Morgan fingerprint density at radius 2 is 2.21 bits per heavy atom. The highest BCUT2D eigenvalue weighted by molar-refractivity contribution is 5.85. The molecule has 5 nitrogen and oxygen atoms in total. The minimum Gasteiger partial charge on any atom is -0.507 e. The predicted octanol–water partition coefficient (Wildman–Crippen LogP) is 2.24. The van der Waals surface area contributed by atoms with Gasteiger partial charge in [0.05, 0.1) is 12.7 Å². The number of hydrogen-bond donors (Lipinski definition) is 2. The highest BCUT2D eigenvalue weighted by atomic mass is 35.5. The zero-order chi connectivity index (χ0) is 13.3. The van der Waals surface area contributed by atoms with Crippen molar-refractivity contribution in [2.24, 2.45) is 0 Å². The van der Waals surface area contributed by atoms with E-state index in [1.165, 1.54) is 25.3 Å². The molecule has 0 spiro atoms. The summed E-state index contributed by atoms with van der Waals surface area (Å²) in [5, 5.41) is 11.7. The molecule has 1 atom stereocenters. The summed E-state index contributed by atoms with van der Waals surface area (Å²) in [7, 11) is 1.29. The van der Waals surface area contributed by atoms with E-state index in [0.29, 0.717) is 0 Å². The van der Waals surface area contributed by atoms with Crippen LogP contribution < -0.4 is 10.1 Å². The van der Waals surface area contributed by atoms with Crippen LogP contribution in [0, 0.1) is 0 Å². The molecule has 0 aliphatic carbocycles. The molecule has 2 rings (SSSR count). The van der Waals surface area contributed by atoms with Gasteiger partial charge in [0.2, 0.25) is 0 Å². The second-order valence-electron chi connectivity index (χ2n) is 3.81. The molecule has 1 aromatic rings. The van der Waals surface area contributed by atoms with Gasteiger partial charge in [0.25, 0.3) is 0 Å². The number of ether oxygens (including phenoxy) is 2.